The molecule has 2 nitrogen and oxygen atoms in total. The Hall–Kier alpha value is -0.990. The number of hydrogen-bond acceptors (Lipinski definition) is 2. The zero-order valence-corrected chi connectivity index (χ0v) is 10.3. The summed E-state index contributed by atoms with van der Waals surface area (Å²) in [5.74, 6) is 0.212. The second kappa shape index (κ2) is 5.37. The predicted octanol–water partition coefficient (Wildman–Crippen LogP) is 3.61. The fraction of sp³-hybridized carbons (Fsp3) is 0.385. The molecule has 0 fully saturated rings. The van der Waals surface area contributed by atoms with Gasteiger partial charge in [0.1, 0.15) is 5.75 Å². The molecule has 0 aliphatic rings. The number of benzene rings is 1. The highest BCUT2D eigenvalue weighted by Gasteiger charge is 2.09. The van der Waals surface area contributed by atoms with Gasteiger partial charge in [-0.2, -0.15) is 0 Å². The third kappa shape index (κ3) is 4.69. The number of aromatic hydroxyl groups is 1. The summed E-state index contributed by atoms with van der Waals surface area (Å²) >= 11 is 5.82. The van der Waals surface area contributed by atoms with Crippen molar-refractivity contribution in [2.75, 3.05) is 0 Å². The smallest absolute Gasteiger partial charge is 0.122 e. The number of halogens is 1. The number of phenols is 1. The highest BCUT2D eigenvalue weighted by molar-refractivity contribution is 6.30. The lowest BCUT2D eigenvalue weighted by Gasteiger charge is -2.14. The van der Waals surface area contributed by atoms with E-state index in [9.17, 15) is 10.2 Å². The normalized spacial score (nSPS) is 12.2. The van der Waals surface area contributed by atoms with E-state index in [1.165, 1.54) is 0 Å². The fourth-order valence-electron chi connectivity index (χ4n) is 1.31. The van der Waals surface area contributed by atoms with E-state index in [1.807, 2.05) is 12.2 Å². The first-order valence-corrected chi connectivity index (χ1v) is 5.64. The van der Waals surface area contributed by atoms with Gasteiger partial charge < -0.3 is 10.2 Å². The number of hydrogen-bond donors (Lipinski definition) is 2. The van der Waals surface area contributed by atoms with E-state index in [0.29, 0.717) is 17.0 Å². The molecule has 0 aliphatic heterocycles. The number of aliphatic hydroxyl groups is 1. The molecule has 1 rings (SSSR count). The summed E-state index contributed by atoms with van der Waals surface area (Å²) in [5.41, 5.74) is 0.0454. The minimum absolute atomic E-state index is 0.212. The highest BCUT2D eigenvalue weighted by atomic mass is 35.5. The fourth-order valence-corrected chi connectivity index (χ4v) is 1.49. The van der Waals surface area contributed by atoms with Crippen LogP contribution >= 0.6 is 11.6 Å². The molecule has 0 saturated carbocycles. The first-order chi connectivity index (χ1) is 7.38. The van der Waals surface area contributed by atoms with E-state index < -0.39 is 5.60 Å². The van der Waals surface area contributed by atoms with Crippen LogP contribution in [0.2, 0.25) is 5.02 Å². The molecule has 0 atom stereocenters. The minimum Gasteiger partial charge on any atom is -0.507 e. The van der Waals surface area contributed by atoms with Crippen LogP contribution < -0.4 is 0 Å². The Bertz CT molecular complexity index is 378. The van der Waals surface area contributed by atoms with Gasteiger partial charge in [0.15, 0.2) is 0 Å². The van der Waals surface area contributed by atoms with E-state index in [0.717, 1.165) is 6.42 Å². The molecule has 0 bridgehead atoms. The van der Waals surface area contributed by atoms with Crippen LogP contribution in [0.3, 0.4) is 0 Å². The van der Waals surface area contributed by atoms with Crippen molar-refractivity contribution >= 4 is 17.7 Å². The second-order valence-electron chi connectivity index (χ2n) is 4.46. The monoisotopic (exact) mass is 240 g/mol. The van der Waals surface area contributed by atoms with Crippen LogP contribution in [0.15, 0.2) is 24.3 Å². The molecule has 3 heteroatoms. The summed E-state index contributed by atoms with van der Waals surface area (Å²) < 4.78 is 0. The zero-order chi connectivity index (χ0) is 12.2. The van der Waals surface area contributed by atoms with Gasteiger partial charge in [0, 0.05) is 10.6 Å². The lowest BCUT2D eigenvalue weighted by atomic mass is 10.0. The van der Waals surface area contributed by atoms with Crippen molar-refractivity contribution in [2.45, 2.75) is 32.3 Å². The van der Waals surface area contributed by atoms with E-state index >= 15 is 0 Å². The number of rotatable bonds is 4. The highest BCUT2D eigenvalue weighted by Crippen LogP contribution is 2.23. The van der Waals surface area contributed by atoms with Gasteiger partial charge in [0.25, 0.3) is 0 Å². The topological polar surface area (TPSA) is 40.5 Å². The SMILES string of the molecule is CC(C)(O)CC/C=C/c1cc(Cl)ccc1O. The Morgan fingerprint density at radius 2 is 2.06 bits per heavy atom. The van der Waals surface area contributed by atoms with Crippen molar-refractivity contribution in [1.82, 2.24) is 0 Å². The Morgan fingerprint density at radius 3 is 2.69 bits per heavy atom. The van der Waals surface area contributed by atoms with Crippen molar-refractivity contribution in [1.29, 1.82) is 0 Å². The molecule has 0 aromatic heterocycles. The molecule has 0 spiro atoms. The van der Waals surface area contributed by atoms with Crippen LogP contribution in [0, 0.1) is 0 Å². The van der Waals surface area contributed by atoms with E-state index in [2.05, 4.69) is 0 Å². The van der Waals surface area contributed by atoms with Crippen LogP contribution in [0.25, 0.3) is 6.08 Å². The Labute approximate surface area is 101 Å². The maximum atomic E-state index is 9.53. The molecule has 2 N–H and O–H groups in total. The summed E-state index contributed by atoms with van der Waals surface area (Å²) in [6.07, 6.45) is 5.18. The Balaban J connectivity index is 2.59. The summed E-state index contributed by atoms with van der Waals surface area (Å²) in [5, 5.41) is 19.6. The third-order valence-electron chi connectivity index (χ3n) is 2.21. The van der Waals surface area contributed by atoms with Crippen molar-refractivity contribution in [3.05, 3.63) is 34.9 Å². The van der Waals surface area contributed by atoms with Crippen LogP contribution in [0.4, 0.5) is 0 Å². The molecule has 88 valence electrons. The van der Waals surface area contributed by atoms with Crippen LogP contribution in [-0.2, 0) is 0 Å². The first kappa shape index (κ1) is 13.1. The van der Waals surface area contributed by atoms with Gasteiger partial charge in [-0.1, -0.05) is 23.8 Å². The lowest BCUT2D eigenvalue weighted by molar-refractivity contribution is 0.0722. The lowest BCUT2D eigenvalue weighted by Crippen LogP contribution is -2.17. The second-order valence-corrected chi connectivity index (χ2v) is 4.89. The maximum Gasteiger partial charge on any atom is 0.122 e. The third-order valence-corrected chi connectivity index (χ3v) is 2.44. The molecule has 16 heavy (non-hydrogen) atoms. The van der Waals surface area contributed by atoms with Crippen LogP contribution in [0.5, 0.6) is 5.75 Å². The summed E-state index contributed by atoms with van der Waals surface area (Å²) in [6.45, 7) is 3.55. The average Bonchev–Trinajstić information content (AvgIpc) is 2.16. The van der Waals surface area contributed by atoms with Gasteiger partial charge in [-0.15, -0.1) is 0 Å². The molecule has 0 radical (unpaired) electrons. The molecule has 0 heterocycles. The molecule has 0 unspecified atom stereocenters. The van der Waals surface area contributed by atoms with Crippen molar-refractivity contribution in [2.24, 2.45) is 0 Å². The van der Waals surface area contributed by atoms with E-state index in [4.69, 9.17) is 11.6 Å². The average molecular weight is 241 g/mol. The molecular weight excluding hydrogens is 224 g/mol. The molecule has 1 aromatic carbocycles. The quantitative estimate of drug-likeness (QED) is 0.844. The van der Waals surface area contributed by atoms with Crippen molar-refractivity contribution in [3.8, 4) is 5.75 Å². The van der Waals surface area contributed by atoms with Gasteiger partial charge in [-0.3, -0.25) is 0 Å². The standard InChI is InChI=1S/C13H17ClO2/c1-13(2,16)8-4-3-5-10-9-11(14)6-7-12(10)15/h3,5-7,9,15-16H,4,8H2,1-2H3/b5-3+. The first-order valence-electron chi connectivity index (χ1n) is 5.26. The maximum absolute atomic E-state index is 9.53. The van der Waals surface area contributed by atoms with Gasteiger partial charge >= 0.3 is 0 Å². The largest absolute Gasteiger partial charge is 0.507 e. The molecule has 1 aromatic rings. The van der Waals surface area contributed by atoms with Crippen molar-refractivity contribution < 1.29 is 10.2 Å². The predicted molar refractivity (Wildman–Crippen MR) is 67.7 cm³/mol. The molecule has 0 aliphatic carbocycles. The summed E-state index contributed by atoms with van der Waals surface area (Å²) in [4.78, 5) is 0. The van der Waals surface area contributed by atoms with Gasteiger partial charge in [-0.05, 0) is 44.9 Å². The minimum atomic E-state index is -0.652. The van der Waals surface area contributed by atoms with Crippen LogP contribution in [-0.4, -0.2) is 15.8 Å². The van der Waals surface area contributed by atoms with Crippen LogP contribution in [0.1, 0.15) is 32.3 Å². The zero-order valence-electron chi connectivity index (χ0n) is 9.57. The molecular formula is C13H17ClO2. The molecule has 0 saturated heterocycles. The van der Waals surface area contributed by atoms with E-state index in [1.54, 1.807) is 32.0 Å². The van der Waals surface area contributed by atoms with Gasteiger partial charge in [-0.25, -0.2) is 0 Å². The van der Waals surface area contributed by atoms with Gasteiger partial charge in [0.2, 0.25) is 0 Å². The van der Waals surface area contributed by atoms with Gasteiger partial charge in [0.05, 0.1) is 5.60 Å². The Morgan fingerprint density at radius 1 is 1.38 bits per heavy atom. The summed E-state index contributed by atoms with van der Waals surface area (Å²) in [6, 6.07) is 4.92. The number of allylic oxidation sites excluding steroid dienone is 1. The number of phenolic OH excluding ortho intramolecular Hbond substituents is 1. The Kier molecular flexibility index (Phi) is 4.39. The van der Waals surface area contributed by atoms with E-state index in [-0.39, 0.29) is 5.75 Å². The molecule has 0 amide bonds. The van der Waals surface area contributed by atoms with Crippen molar-refractivity contribution in [3.63, 3.8) is 0 Å². The summed E-state index contributed by atoms with van der Waals surface area (Å²) in [7, 11) is 0.